The fourth-order valence-electron chi connectivity index (χ4n) is 1.33. The van der Waals surface area contributed by atoms with Gasteiger partial charge in [-0.2, -0.15) is 0 Å². The maximum Gasteiger partial charge on any atom is 0.314 e. The van der Waals surface area contributed by atoms with E-state index in [0.29, 0.717) is 13.0 Å². The highest BCUT2D eigenvalue weighted by molar-refractivity contribution is 6.30. The molecule has 0 fully saturated rings. The molecular weight excluding hydrogens is 243 g/mol. The van der Waals surface area contributed by atoms with E-state index in [1.54, 1.807) is 12.1 Å². The van der Waals surface area contributed by atoms with Crippen molar-refractivity contribution in [1.82, 2.24) is 10.6 Å². The third-order valence-electron chi connectivity index (χ3n) is 2.10. The number of amides is 2. The van der Waals surface area contributed by atoms with Gasteiger partial charge in [-0.15, -0.1) is 0 Å². The first-order valence-corrected chi connectivity index (χ1v) is 5.85. The van der Waals surface area contributed by atoms with Crippen molar-refractivity contribution in [3.63, 3.8) is 0 Å². The van der Waals surface area contributed by atoms with Gasteiger partial charge in [-0.25, -0.2) is 9.18 Å². The number of carbonyl (C=O) groups is 1. The summed E-state index contributed by atoms with van der Waals surface area (Å²) in [6, 6.07) is 4.46. The van der Waals surface area contributed by atoms with Gasteiger partial charge in [0.25, 0.3) is 0 Å². The number of nitrogens with one attached hydrogen (secondary N) is 2. The van der Waals surface area contributed by atoms with E-state index in [1.165, 1.54) is 6.07 Å². The van der Waals surface area contributed by atoms with E-state index in [-0.39, 0.29) is 17.1 Å². The summed E-state index contributed by atoms with van der Waals surface area (Å²) in [5.74, 6) is -0.430. The van der Waals surface area contributed by atoms with Gasteiger partial charge in [0.1, 0.15) is 5.82 Å². The summed E-state index contributed by atoms with van der Waals surface area (Å²) in [7, 11) is 0. The van der Waals surface area contributed by atoms with Crippen LogP contribution in [0.2, 0.25) is 5.02 Å². The van der Waals surface area contributed by atoms with Crippen LogP contribution in [0.1, 0.15) is 19.4 Å². The first-order chi connectivity index (χ1) is 7.99. The number of carbonyl (C=O) groups excluding carboxylic acids is 1. The standard InChI is InChI=1S/C12H16ClFN2O/c1-8(2)16-12(17)15-6-5-9-3-4-11(14)10(13)7-9/h3-4,7-8H,5-6H2,1-2H3,(H2,15,16,17). The van der Waals surface area contributed by atoms with Gasteiger partial charge in [0.05, 0.1) is 5.02 Å². The lowest BCUT2D eigenvalue weighted by molar-refractivity contribution is 0.238. The highest BCUT2D eigenvalue weighted by atomic mass is 35.5. The van der Waals surface area contributed by atoms with Gasteiger partial charge in [0.15, 0.2) is 0 Å². The molecular formula is C12H16ClFN2O. The van der Waals surface area contributed by atoms with Gasteiger partial charge in [-0.05, 0) is 38.0 Å². The highest BCUT2D eigenvalue weighted by Crippen LogP contribution is 2.15. The van der Waals surface area contributed by atoms with Crippen molar-refractivity contribution in [2.24, 2.45) is 0 Å². The lowest BCUT2D eigenvalue weighted by Crippen LogP contribution is -2.40. The number of halogens is 2. The summed E-state index contributed by atoms with van der Waals surface area (Å²) >= 11 is 5.65. The maximum atomic E-state index is 12.9. The molecule has 0 unspecified atom stereocenters. The SMILES string of the molecule is CC(C)NC(=O)NCCc1ccc(F)c(Cl)c1. The Balaban J connectivity index is 2.36. The van der Waals surface area contributed by atoms with Gasteiger partial charge in [-0.1, -0.05) is 17.7 Å². The molecule has 0 aliphatic rings. The van der Waals surface area contributed by atoms with Crippen LogP contribution < -0.4 is 10.6 Å². The van der Waals surface area contributed by atoms with Crippen LogP contribution in [0.15, 0.2) is 18.2 Å². The molecule has 0 radical (unpaired) electrons. The van der Waals surface area contributed by atoms with Crippen LogP contribution in [0.3, 0.4) is 0 Å². The van der Waals surface area contributed by atoms with Gasteiger partial charge in [0, 0.05) is 12.6 Å². The summed E-state index contributed by atoms with van der Waals surface area (Å²) in [6.45, 7) is 4.26. The second-order valence-electron chi connectivity index (χ2n) is 4.05. The molecule has 3 nitrogen and oxygen atoms in total. The first kappa shape index (κ1) is 13.8. The Bertz CT molecular complexity index is 396. The van der Waals surface area contributed by atoms with Gasteiger partial charge in [-0.3, -0.25) is 0 Å². The van der Waals surface area contributed by atoms with Crippen LogP contribution >= 0.6 is 11.6 Å². The number of urea groups is 1. The summed E-state index contributed by atoms with van der Waals surface area (Å²) in [4.78, 5) is 11.3. The molecule has 2 amide bonds. The average Bonchev–Trinajstić information content (AvgIpc) is 2.22. The second kappa shape index (κ2) is 6.45. The minimum Gasteiger partial charge on any atom is -0.338 e. The Morgan fingerprint density at radius 2 is 2.18 bits per heavy atom. The van der Waals surface area contributed by atoms with Gasteiger partial charge in [0.2, 0.25) is 0 Å². The predicted molar refractivity (Wildman–Crippen MR) is 66.8 cm³/mol. The molecule has 0 saturated carbocycles. The van der Waals surface area contributed by atoms with Crippen LogP contribution in [0.4, 0.5) is 9.18 Å². The lowest BCUT2D eigenvalue weighted by Gasteiger charge is -2.10. The van der Waals surface area contributed by atoms with Crippen molar-refractivity contribution < 1.29 is 9.18 Å². The molecule has 0 aliphatic carbocycles. The van der Waals surface area contributed by atoms with Gasteiger partial charge >= 0.3 is 6.03 Å². The minimum absolute atomic E-state index is 0.106. The second-order valence-corrected chi connectivity index (χ2v) is 4.46. The average molecular weight is 259 g/mol. The van der Waals surface area contributed by atoms with Crippen LogP contribution in [0, 0.1) is 5.82 Å². The Morgan fingerprint density at radius 1 is 1.47 bits per heavy atom. The molecule has 1 aromatic rings. The van der Waals surface area contributed by atoms with Crippen LogP contribution in [-0.2, 0) is 6.42 Å². The Hall–Kier alpha value is -1.29. The fourth-order valence-corrected chi connectivity index (χ4v) is 1.53. The Morgan fingerprint density at radius 3 is 2.76 bits per heavy atom. The summed E-state index contributed by atoms with van der Waals surface area (Å²) < 4.78 is 12.9. The largest absolute Gasteiger partial charge is 0.338 e. The maximum absolute atomic E-state index is 12.9. The normalized spacial score (nSPS) is 10.4. The van der Waals surface area contributed by atoms with Crippen LogP contribution in [-0.4, -0.2) is 18.6 Å². The molecule has 0 atom stereocenters. The van der Waals surface area contributed by atoms with Crippen molar-refractivity contribution in [2.75, 3.05) is 6.54 Å². The van der Waals surface area contributed by atoms with E-state index in [0.717, 1.165) is 5.56 Å². The zero-order valence-corrected chi connectivity index (χ0v) is 10.6. The predicted octanol–water partition coefficient (Wildman–Crippen LogP) is 2.73. The Kier molecular flexibility index (Phi) is 5.22. The summed E-state index contributed by atoms with van der Waals surface area (Å²) in [5, 5.41) is 5.53. The number of benzene rings is 1. The van der Waals surface area contributed by atoms with E-state index in [1.807, 2.05) is 13.8 Å². The quantitative estimate of drug-likeness (QED) is 0.857. The van der Waals surface area contributed by atoms with E-state index in [2.05, 4.69) is 10.6 Å². The molecule has 1 aromatic carbocycles. The van der Waals surface area contributed by atoms with Crippen molar-refractivity contribution >= 4 is 17.6 Å². The molecule has 0 aromatic heterocycles. The fraction of sp³-hybridized carbons (Fsp3) is 0.417. The molecule has 0 saturated heterocycles. The van der Waals surface area contributed by atoms with E-state index in [9.17, 15) is 9.18 Å². The summed E-state index contributed by atoms with van der Waals surface area (Å²) in [6.07, 6.45) is 0.617. The van der Waals surface area contributed by atoms with E-state index in [4.69, 9.17) is 11.6 Å². The molecule has 17 heavy (non-hydrogen) atoms. The van der Waals surface area contributed by atoms with Crippen LogP contribution in [0.5, 0.6) is 0 Å². The van der Waals surface area contributed by atoms with E-state index < -0.39 is 5.82 Å². The zero-order valence-electron chi connectivity index (χ0n) is 9.89. The molecule has 0 aliphatic heterocycles. The third kappa shape index (κ3) is 5.04. The number of rotatable bonds is 4. The molecule has 1 rings (SSSR count). The smallest absolute Gasteiger partial charge is 0.314 e. The highest BCUT2D eigenvalue weighted by Gasteiger charge is 2.03. The Labute approximate surface area is 105 Å². The van der Waals surface area contributed by atoms with Crippen molar-refractivity contribution in [3.05, 3.63) is 34.6 Å². The molecule has 0 heterocycles. The molecule has 0 spiro atoms. The van der Waals surface area contributed by atoms with Crippen molar-refractivity contribution in [2.45, 2.75) is 26.3 Å². The zero-order chi connectivity index (χ0) is 12.8. The monoisotopic (exact) mass is 258 g/mol. The topological polar surface area (TPSA) is 41.1 Å². The lowest BCUT2D eigenvalue weighted by atomic mass is 10.1. The van der Waals surface area contributed by atoms with E-state index >= 15 is 0 Å². The van der Waals surface area contributed by atoms with Crippen molar-refractivity contribution in [3.8, 4) is 0 Å². The van der Waals surface area contributed by atoms with Gasteiger partial charge < -0.3 is 10.6 Å². The van der Waals surface area contributed by atoms with Crippen molar-refractivity contribution in [1.29, 1.82) is 0 Å². The number of hydrogen-bond donors (Lipinski definition) is 2. The molecule has 0 bridgehead atoms. The molecule has 2 N–H and O–H groups in total. The number of hydrogen-bond acceptors (Lipinski definition) is 1. The molecule has 94 valence electrons. The minimum atomic E-state index is -0.430. The first-order valence-electron chi connectivity index (χ1n) is 5.47. The molecule has 5 heteroatoms. The summed E-state index contributed by atoms with van der Waals surface area (Å²) in [5.41, 5.74) is 0.890. The third-order valence-corrected chi connectivity index (χ3v) is 2.39. The van der Waals surface area contributed by atoms with Crippen LogP contribution in [0.25, 0.3) is 0 Å².